The van der Waals surface area contributed by atoms with Crippen LogP contribution < -0.4 is 0 Å². The van der Waals surface area contributed by atoms with Crippen LogP contribution in [0.25, 0.3) is 0 Å². The van der Waals surface area contributed by atoms with Crippen molar-refractivity contribution in [1.82, 2.24) is 0 Å². The number of rotatable bonds is 7. The fourth-order valence-corrected chi connectivity index (χ4v) is 2.12. The molecule has 74 valence electrons. The van der Waals surface area contributed by atoms with Gasteiger partial charge in [0, 0.05) is 13.2 Å². The second-order valence-electron chi connectivity index (χ2n) is 3.55. The predicted molar refractivity (Wildman–Crippen MR) is 58.9 cm³/mol. The predicted octanol–water partition coefficient (Wildman–Crippen LogP) is 1.77. The summed E-state index contributed by atoms with van der Waals surface area (Å²) in [4.78, 5) is 0. The molecule has 0 aromatic heterocycles. The van der Waals surface area contributed by atoms with E-state index in [1.807, 2.05) is 0 Å². The highest BCUT2D eigenvalue weighted by atomic mass is 28.3. The van der Waals surface area contributed by atoms with Crippen molar-refractivity contribution < 1.29 is 8.85 Å². The molecular weight excluding hydrogens is 184 g/mol. The third-order valence-corrected chi connectivity index (χ3v) is 3.25. The molecule has 0 aromatic rings. The maximum Gasteiger partial charge on any atom is 0.170 e. The van der Waals surface area contributed by atoms with Crippen molar-refractivity contribution in [3.8, 4) is 0 Å². The lowest BCUT2D eigenvalue weighted by Gasteiger charge is -2.08. The Morgan fingerprint density at radius 2 is 1.08 bits per heavy atom. The van der Waals surface area contributed by atoms with Gasteiger partial charge in [-0.05, 0) is 39.0 Å². The molecule has 2 nitrogen and oxygen atoms in total. The largest absolute Gasteiger partial charge is 0.421 e. The smallest absolute Gasteiger partial charge is 0.170 e. The minimum absolute atomic E-state index is 0.774. The first kappa shape index (κ1) is 12.4. The summed E-state index contributed by atoms with van der Waals surface area (Å²) in [6, 6.07) is 0. The Kier molecular flexibility index (Phi) is 8.21. The molecule has 0 spiro atoms. The van der Waals surface area contributed by atoms with Crippen LogP contribution in [-0.4, -0.2) is 31.3 Å². The standard InChI is InChI=1S/C8H22O2Si2/c1-11(2)9-7-5-6-8-10-12(3)4/h11-12H,5-8H2,1-4H3. The van der Waals surface area contributed by atoms with Crippen molar-refractivity contribution in [2.75, 3.05) is 13.2 Å². The van der Waals surface area contributed by atoms with Gasteiger partial charge in [-0.2, -0.15) is 0 Å². The number of hydrogen-bond acceptors (Lipinski definition) is 2. The molecule has 12 heavy (non-hydrogen) atoms. The van der Waals surface area contributed by atoms with Crippen molar-refractivity contribution in [3.05, 3.63) is 0 Å². The van der Waals surface area contributed by atoms with Crippen molar-refractivity contribution in [3.63, 3.8) is 0 Å². The van der Waals surface area contributed by atoms with E-state index < -0.39 is 18.1 Å². The Morgan fingerprint density at radius 1 is 0.750 bits per heavy atom. The summed E-state index contributed by atoms with van der Waals surface area (Å²) in [5.41, 5.74) is 0. The molecule has 0 rings (SSSR count). The summed E-state index contributed by atoms with van der Waals surface area (Å²) in [5.74, 6) is 0. The lowest BCUT2D eigenvalue weighted by atomic mass is 10.3. The van der Waals surface area contributed by atoms with Crippen LogP contribution in [0.4, 0.5) is 0 Å². The molecule has 0 saturated heterocycles. The van der Waals surface area contributed by atoms with Crippen LogP contribution in [0.1, 0.15) is 12.8 Å². The van der Waals surface area contributed by atoms with Gasteiger partial charge in [-0.15, -0.1) is 0 Å². The quantitative estimate of drug-likeness (QED) is 0.467. The maximum atomic E-state index is 5.54. The monoisotopic (exact) mass is 206 g/mol. The molecular formula is C8H22O2Si2. The van der Waals surface area contributed by atoms with Gasteiger partial charge < -0.3 is 8.85 Å². The molecule has 0 fully saturated rings. The first-order valence-electron chi connectivity index (χ1n) is 4.86. The van der Waals surface area contributed by atoms with Gasteiger partial charge in [0.15, 0.2) is 18.1 Å². The van der Waals surface area contributed by atoms with Crippen LogP contribution in [0.5, 0.6) is 0 Å². The van der Waals surface area contributed by atoms with Gasteiger partial charge in [-0.1, -0.05) is 0 Å². The van der Waals surface area contributed by atoms with Crippen LogP contribution in [0, 0.1) is 0 Å². The highest BCUT2D eigenvalue weighted by Gasteiger charge is 1.96. The van der Waals surface area contributed by atoms with Crippen LogP contribution in [0.15, 0.2) is 0 Å². The third-order valence-electron chi connectivity index (χ3n) is 1.44. The van der Waals surface area contributed by atoms with Crippen LogP contribution in [0.3, 0.4) is 0 Å². The molecule has 0 bridgehead atoms. The Balaban J connectivity index is 2.91. The second kappa shape index (κ2) is 7.98. The minimum Gasteiger partial charge on any atom is -0.421 e. The molecule has 0 aliphatic carbocycles. The fraction of sp³-hybridized carbons (Fsp3) is 1.00. The first-order chi connectivity index (χ1) is 5.63. The molecule has 0 amide bonds. The van der Waals surface area contributed by atoms with E-state index in [4.69, 9.17) is 8.85 Å². The molecule has 0 atom stereocenters. The van der Waals surface area contributed by atoms with E-state index in [0.29, 0.717) is 0 Å². The van der Waals surface area contributed by atoms with Gasteiger partial charge in [-0.25, -0.2) is 0 Å². The minimum atomic E-state index is -0.774. The maximum absolute atomic E-state index is 5.54. The Labute approximate surface area is 79.7 Å². The lowest BCUT2D eigenvalue weighted by Crippen LogP contribution is -2.11. The average Bonchev–Trinajstić information content (AvgIpc) is 1.95. The van der Waals surface area contributed by atoms with Gasteiger partial charge in [0.2, 0.25) is 0 Å². The van der Waals surface area contributed by atoms with E-state index in [9.17, 15) is 0 Å². The van der Waals surface area contributed by atoms with E-state index in [1.165, 1.54) is 0 Å². The van der Waals surface area contributed by atoms with Crippen LogP contribution >= 0.6 is 0 Å². The molecule has 0 aromatic carbocycles. The van der Waals surface area contributed by atoms with Crippen molar-refractivity contribution in [2.45, 2.75) is 39.0 Å². The van der Waals surface area contributed by atoms with E-state index >= 15 is 0 Å². The average molecular weight is 206 g/mol. The van der Waals surface area contributed by atoms with Crippen molar-refractivity contribution in [1.29, 1.82) is 0 Å². The second-order valence-corrected chi connectivity index (χ2v) is 8.41. The van der Waals surface area contributed by atoms with Gasteiger partial charge in [0.25, 0.3) is 0 Å². The zero-order chi connectivity index (χ0) is 9.40. The normalized spacial score (nSPS) is 11.5. The molecule has 0 aliphatic heterocycles. The van der Waals surface area contributed by atoms with E-state index in [1.54, 1.807) is 0 Å². The van der Waals surface area contributed by atoms with E-state index in [0.717, 1.165) is 26.1 Å². The summed E-state index contributed by atoms with van der Waals surface area (Å²) >= 11 is 0. The van der Waals surface area contributed by atoms with Crippen molar-refractivity contribution in [2.24, 2.45) is 0 Å². The molecule has 4 heteroatoms. The van der Waals surface area contributed by atoms with Gasteiger partial charge in [0.1, 0.15) is 0 Å². The molecule has 0 radical (unpaired) electrons. The Hall–Kier alpha value is 0.354. The van der Waals surface area contributed by atoms with Gasteiger partial charge >= 0.3 is 0 Å². The highest BCUT2D eigenvalue weighted by molar-refractivity contribution is 6.48. The number of unbranched alkanes of at least 4 members (excludes halogenated alkanes) is 1. The molecule has 0 unspecified atom stereocenters. The van der Waals surface area contributed by atoms with Crippen molar-refractivity contribution >= 4 is 18.1 Å². The Bertz CT molecular complexity index is 85.1. The summed E-state index contributed by atoms with van der Waals surface area (Å²) in [7, 11) is -1.55. The van der Waals surface area contributed by atoms with E-state index in [2.05, 4.69) is 26.2 Å². The van der Waals surface area contributed by atoms with Gasteiger partial charge in [-0.3, -0.25) is 0 Å². The topological polar surface area (TPSA) is 18.5 Å². The fourth-order valence-electron chi connectivity index (χ4n) is 0.842. The summed E-state index contributed by atoms with van der Waals surface area (Å²) in [5, 5.41) is 0. The summed E-state index contributed by atoms with van der Waals surface area (Å²) < 4.78 is 11.1. The highest BCUT2D eigenvalue weighted by Crippen LogP contribution is 1.94. The molecule has 0 aliphatic rings. The summed E-state index contributed by atoms with van der Waals surface area (Å²) in [6.07, 6.45) is 2.32. The summed E-state index contributed by atoms with van der Waals surface area (Å²) in [6.45, 7) is 10.7. The molecule has 0 saturated carbocycles. The zero-order valence-corrected chi connectivity index (χ0v) is 11.1. The SMILES string of the molecule is C[SiH](C)OCCCCO[SiH](C)C. The third kappa shape index (κ3) is 10.4. The lowest BCUT2D eigenvalue weighted by molar-refractivity contribution is 0.272. The van der Waals surface area contributed by atoms with Crippen LogP contribution in [0.2, 0.25) is 26.2 Å². The molecule has 0 heterocycles. The number of hydrogen-bond donors (Lipinski definition) is 0. The zero-order valence-electron chi connectivity index (χ0n) is 8.80. The van der Waals surface area contributed by atoms with E-state index in [-0.39, 0.29) is 0 Å². The van der Waals surface area contributed by atoms with Gasteiger partial charge in [0.05, 0.1) is 0 Å². The molecule has 0 N–H and O–H groups in total. The first-order valence-corrected chi connectivity index (χ1v) is 10.4. The Morgan fingerprint density at radius 3 is 1.33 bits per heavy atom. The van der Waals surface area contributed by atoms with Crippen LogP contribution in [-0.2, 0) is 8.85 Å².